The maximum absolute atomic E-state index is 12.2. The summed E-state index contributed by atoms with van der Waals surface area (Å²) in [7, 11) is 0. The second-order valence-electron chi connectivity index (χ2n) is 6.91. The SMILES string of the molecule is CCCCc1ccc(NC(=O)CCc2nc(-c3ccc(CC)cc3)no2)cc1. The molecule has 2 aromatic carbocycles. The minimum atomic E-state index is -0.0617. The van der Waals surface area contributed by atoms with E-state index in [1.54, 1.807) is 0 Å². The van der Waals surface area contributed by atoms with Crippen molar-refractivity contribution in [3.63, 3.8) is 0 Å². The van der Waals surface area contributed by atoms with Crippen molar-refractivity contribution in [1.82, 2.24) is 10.1 Å². The highest BCUT2D eigenvalue weighted by atomic mass is 16.5. The van der Waals surface area contributed by atoms with Gasteiger partial charge in [0, 0.05) is 24.1 Å². The largest absolute Gasteiger partial charge is 0.339 e. The number of hydrogen-bond acceptors (Lipinski definition) is 4. The van der Waals surface area contributed by atoms with Crippen LogP contribution in [-0.4, -0.2) is 16.0 Å². The molecule has 0 aliphatic rings. The average Bonchev–Trinajstić information content (AvgIpc) is 3.21. The molecule has 0 saturated heterocycles. The van der Waals surface area contributed by atoms with Crippen LogP contribution in [0.25, 0.3) is 11.4 Å². The summed E-state index contributed by atoms with van der Waals surface area (Å²) in [6.07, 6.45) is 5.15. The van der Waals surface area contributed by atoms with Crippen LogP contribution in [0.2, 0.25) is 0 Å². The minimum Gasteiger partial charge on any atom is -0.339 e. The number of amides is 1. The number of rotatable bonds is 9. The number of nitrogens with zero attached hydrogens (tertiary/aromatic N) is 2. The summed E-state index contributed by atoms with van der Waals surface area (Å²) in [4.78, 5) is 16.6. The second-order valence-corrected chi connectivity index (χ2v) is 6.91. The highest BCUT2D eigenvalue weighted by Gasteiger charge is 2.11. The summed E-state index contributed by atoms with van der Waals surface area (Å²) in [6.45, 7) is 4.30. The van der Waals surface area contributed by atoms with Gasteiger partial charge in [0.25, 0.3) is 0 Å². The molecule has 0 aliphatic carbocycles. The zero-order valence-electron chi connectivity index (χ0n) is 16.6. The second kappa shape index (κ2) is 9.83. The maximum Gasteiger partial charge on any atom is 0.227 e. The van der Waals surface area contributed by atoms with E-state index in [1.807, 2.05) is 24.3 Å². The zero-order valence-corrected chi connectivity index (χ0v) is 16.6. The minimum absolute atomic E-state index is 0.0617. The molecule has 1 heterocycles. The first-order valence-corrected chi connectivity index (χ1v) is 9.98. The molecule has 5 nitrogen and oxygen atoms in total. The Balaban J connectivity index is 1.50. The van der Waals surface area contributed by atoms with Crippen LogP contribution < -0.4 is 5.32 Å². The lowest BCUT2D eigenvalue weighted by Gasteiger charge is -2.06. The van der Waals surface area contributed by atoms with Crippen molar-refractivity contribution >= 4 is 11.6 Å². The van der Waals surface area contributed by atoms with E-state index in [-0.39, 0.29) is 5.91 Å². The smallest absolute Gasteiger partial charge is 0.227 e. The summed E-state index contributed by atoms with van der Waals surface area (Å²) in [5, 5.41) is 6.94. The molecule has 0 aliphatic heterocycles. The van der Waals surface area contributed by atoms with Gasteiger partial charge in [-0.3, -0.25) is 4.79 Å². The van der Waals surface area contributed by atoms with Gasteiger partial charge in [-0.05, 0) is 42.5 Å². The first-order valence-electron chi connectivity index (χ1n) is 9.98. The van der Waals surface area contributed by atoms with Crippen molar-refractivity contribution in [2.24, 2.45) is 0 Å². The van der Waals surface area contributed by atoms with Gasteiger partial charge in [0.2, 0.25) is 17.6 Å². The summed E-state index contributed by atoms with van der Waals surface area (Å²) in [6, 6.07) is 16.1. The molecular weight excluding hydrogens is 350 g/mol. The monoisotopic (exact) mass is 377 g/mol. The topological polar surface area (TPSA) is 68.0 Å². The van der Waals surface area contributed by atoms with Gasteiger partial charge in [-0.25, -0.2) is 0 Å². The molecule has 5 heteroatoms. The molecule has 0 bridgehead atoms. The van der Waals surface area contributed by atoms with Crippen molar-refractivity contribution in [2.75, 3.05) is 5.32 Å². The normalized spacial score (nSPS) is 10.8. The molecule has 0 unspecified atom stereocenters. The average molecular weight is 377 g/mol. The maximum atomic E-state index is 12.2. The van der Waals surface area contributed by atoms with Gasteiger partial charge in [-0.15, -0.1) is 0 Å². The van der Waals surface area contributed by atoms with Gasteiger partial charge < -0.3 is 9.84 Å². The molecule has 0 saturated carbocycles. The van der Waals surface area contributed by atoms with Gasteiger partial charge in [0.1, 0.15) is 0 Å². The van der Waals surface area contributed by atoms with Crippen LogP contribution in [0, 0.1) is 0 Å². The van der Waals surface area contributed by atoms with Crippen LogP contribution in [0.15, 0.2) is 53.1 Å². The highest BCUT2D eigenvalue weighted by molar-refractivity contribution is 5.90. The number of unbranched alkanes of at least 4 members (excludes halogenated alkanes) is 1. The Morgan fingerprint density at radius 2 is 1.68 bits per heavy atom. The van der Waals surface area contributed by atoms with Gasteiger partial charge in [-0.1, -0.05) is 61.8 Å². The molecule has 0 fully saturated rings. The number of aryl methyl sites for hydroxylation is 3. The third kappa shape index (κ3) is 5.52. The molecule has 0 radical (unpaired) electrons. The Morgan fingerprint density at radius 3 is 2.36 bits per heavy atom. The van der Waals surface area contributed by atoms with E-state index in [0.717, 1.165) is 24.1 Å². The molecule has 28 heavy (non-hydrogen) atoms. The third-order valence-corrected chi connectivity index (χ3v) is 4.71. The lowest BCUT2D eigenvalue weighted by atomic mass is 10.1. The fourth-order valence-electron chi connectivity index (χ4n) is 2.94. The van der Waals surface area contributed by atoms with E-state index in [4.69, 9.17) is 4.52 Å². The number of carbonyl (C=O) groups is 1. The molecule has 146 valence electrons. The molecule has 1 N–H and O–H groups in total. The predicted molar refractivity (Wildman–Crippen MR) is 111 cm³/mol. The predicted octanol–water partition coefficient (Wildman–Crippen LogP) is 5.21. The standard InChI is InChI=1S/C23H27N3O2/c1-3-5-6-18-9-13-20(14-10-18)24-21(27)15-16-22-25-23(26-28-22)19-11-7-17(4-2)8-12-19/h7-14H,3-6,15-16H2,1-2H3,(H,24,27). The number of nitrogens with one attached hydrogen (secondary N) is 1. The molecule has 1 amide bonds. The van der Waals surface area contributed by atoms with E-state index in [0.29, 0.717) is 24.6 Å². The van der Waals surface area contributed by atoms with Crippen LogP contribution in [-0.2, 0) is 24.1 Å². The third-order valence-electron chi connectivity index (χ3n) is 4.71. The summed E-state index contributed by atoms with van der Waals surface area (Å²) in [5.41, 5.74) is 4.29. The molecule has 0 spiro atoms. The van der Waals surface area contributed by atoms with Crippen LogP contribution in [0.1, 0.15) is 50.1 Å². The van der Waals surface area contributed by atoms with Crippen LogP contribution in [0.3, 0.4) is 0 Å². The van der Waals surface area contributed by atoms with Crippen molar-refractivity contribution in [3.8, 4) is 11.4 Å². The molecule has 1 aromatic heterocycles. The highest BCUT2D eigenvalue weighted by Crippen LogP contribution is 2.18. The lowest BCUT2D eigenvalue weighted by Crippen LogP contribution is -2.12. The quantitative estimate of drug-likeness (QED) is 0.555. The van der Waals surface area contributed by atoms with Crippen LogP contribution in [0.5, 0.6) is 0 Å². The van der Waals surface area contributed by atoms with Crippen LogP contribution in [0.4, 0.5) is 5.69 Å². The van der Waals surface area contributed by atoms with Crippen LogP contribution >= 0.6 is 0 Å². The summed E-state index contributed by atoms with van der Waals surface area (Å²) >= 11 is 0. The Kier molecular flexibility index (Phi) is 6.95. The first kappa shape index (κ1) is 19.8. The molecule has 0 atom stereocenters. The van der Waals surface area contributed by atoms with Gasteiger partial charge in [-0.2, -0.15) is 4.98 Å². The van der Waals surface area contributed by atoms with E-state index in [9.17, 15) is 4.79 Å². The Hall–Kier alpha value is -2.95. The molecule has 3 aromatic rings. The lowest BCUT2D eigenvalue weighted by molar-refractivity contribution is -0.116. The van der Waals surface area contributed by atoms with Gasteiger partial charge >= 0.3 is 0 Å². The van der Waals surface area contributed by atoms with E-state index >= 15 is 0 Å². The van der Waals surface area contributed by atoms with E-state index in [2.05, 4.69) is 53.6 Å². The van der Waals surface area contributed by atoms with E-state index < -0.39 is 0 Å². The summed E-state index contributed by atoms with van der Waals surface area (Å²) < 4.78 is 5.29. The van der Waals surface area contributed by atoms with Crippen molar-refractivity contribution in [2.45, 2.75) is 52.4 Å². The van der Waals surface area contributed by atoms with Crippen molar-refractivity contribution in [1.29, 1.82) is 0 Å². The summed E-state index contributed by atoms with van der Waals surface area (Å²) in [5.74, 6) is 0.966. The number of carbonyl (C=O) groups excluding carboxylic acids is 1. The van der Waals surface area contributed by atoms with Gasteiger partial charge in [0.15, 0.2) is 0 Å². The first-order chi connectivity index (χ1) is 13.7. The number of benzene rings is 2. The van der Waals surface area contributed by atoms with E-state index in [1.165, 1.54) is 24.0 Å². The Morgan fingerprint density at radius 1 is 0.964 bits per heavy atom. The van der Waals surface area contributed by atoms with Gasteiger partial charge in [0.05, 0.1) is 0 Å². The molecular formula is C23H27N3O2. The number of aromatic nitrogens is 2. The fourth-order valence-corrected chi connectivity index (χ4v) is 2.94. The zero-order chi connectivity index (χ0) is 19.8. The van der Waals surface area contributed by atoms with Crippen molar-refractivity contribution < 1.29 is 9.32 Å². The Labute approximate surface area is 166 Å². The fraction of sp³-hybridized carbons (Fsp3) is 0.348. The Bertz CT molecular complexity index is 883. The van der Waals surface area contributed by atoms with Crippen molar-refractivity contribution in [3.05, 3.63) is 65.5 Å². The number of hydrogen-bond donors (Lipinski definition) is 1. The number of anilines is 1. The molecule has 3 rings (SSSR count).